The topological polar surface area (TPSA) is 75.4 Å². The minimum absolute atomic E-state index is 0.0348. The average Bonchev–Trinajstić information content (AvgIpc) is 2.94. The lowest BCUT2D eigenvalue weighted by atomic mass is 10.0. The van der Waals surface area contributed by atoms with Crippen LogP contribution in [0, 0.1) is 13.8 Å². The number of benzene rings is 1. The molecule has 1 fully saturated rings. The van der Waals surface area contributed by atoms with Gasteiger partial charge < -0.3 is 14.7 Å². The standard InChI is InChI=1S/C19H23N3O3/c1-13-16(14(2)25-21-13)12-20-19(24)18(15-8-4-3-5-9-15)22-11-7-6-10-17(22)23/h3-5,8-9,18H,6-7,10-12H2,1-2H3,(H,20,24)/t18-/m1/s1. The second kappa shape index (κ2) is 7.51. The molecule has 0 spiro atoms. The van der Waals surface area contributed by atoms with Crippen molar-refractivity contribution in [1.29, 1.82) is 0 Å². The number of rotatable bonds is 5. The molecule has 1 saturated heterocycles. The highest BCUT2D eigenvalue weighted by molar-refractivity contribution is 5.89. The Bertz CT molecular complexity index is 735. The molecule has 0 aliphatic carbocycles. The van der Waals surface area contributed by atoms with E-state index in [0.717, 1.165) is 29.7 Å². The van der Waals surface area contributed by atoms with Crippen molar-refractivity contribution in [3.63, 3.8) is 0 Å². The van der Waals surface area contributed by atoms with Crippen molar-refractivity contribution in [3.05, 3.63) is 52.9 Å². The fraction of sp³-hybridized carbons (Fsp3) is 0.421. The monoisotopic (exact) mass is 341 g/mol. The summed E-state index contributed by atoms with van der Waals surface area (Å²) < 4.78 is 5.14. The highest BCUT2D eigenvalue weighted by Crippen LogP contribution is 2.26. The van der Waals surface area contributed by atoms with E-state index in [-0.39, 0.29) is 11.8 Å². The molecule has 1 aromatic heterocycles. The molecule has 132 valence electrons. The quantitative estimate of drug-likeness (QED) is 0.907. The van der Waals surface area contributed by atoms with E-state index in [1.54, 1.807) is 4.90 Å². The van der Waals surface area contributed by atoms with Gasteiger partial charge in [-0.05, 0) is 32.3 Å². The van der Waals surface area contributed by atoms with Crippen LogP contribution in [-0.2, 0) is 16.1 Å². The maximum atomic E-state index is 13.0. The molecule has 6 heteroatoms. The van der Waals surface area contributed by atoms with Crippen LogP contribution in [0.25, 0.3) is 0 Å². The lowest BCUT2D eigenvalue weighted by Crippen LogP contribution is -2.45. The van der Waals surface area contributed by atoms with E-state index >= 15 is 0 Å². The van der Waals surface area contributed by atoms with Crippen molar-refractivity contribution < 1.29 is 14.1 Å². The Labute approximate surface area is 147 Å². The Hall–Kier alpha value is -2.63. The van der Waals surface area contributed by atoms with Crippen LogP contribution < -0.4 is 5.32 Å². The molecule has 2 amide bonds. The average molecular weight is 341 g/mol. The van der Waals surface area contributed by atoms with E-state index < -0.39 is 6.04 Å². The number of nitrogens with one attached hydrogen (secondary N) is 1. The Balaban J connectivity index is 1.81. The summed E-state index contributed by atoms with van der Waals surface area (Å²) in [6.45, 7) is 4.62. The first kappa shape index (κ1) is 17.2. The molecule has 1 atom stereocenters. The number of amides is 2. The lowest BCUT2D eigenvalue weighted by molar-refractivity contribution is -0.142. The van der Waals surface area contributed by atoms with Crippen molar-refractivity contribution >= 4 is 11.8 Å². The van der Waals surface area contributed by atoms with E-state index in [9.17, 15) is 9.59 Å². The summed E-state index contributed by atoms with van der Waals surface area (Å²) in [6, 6.07) is 8.86. The third-order valence-electron chi connectivity index (χ3n) is 4.66. The molecule has 2 heterocycles. The largest absolute Gasteiger partial charge is 0.361 e. The Morgan fingerprint density at radius 2 is 2.04 bits per heavy atom. The lowest BCUT2D eigenvalue weighted by Gasteiger charge is -2.34. The highest BCUT2D eigenvalue weighted by Gasteiger charge is 2.32. The number of likely N-dealkylation sites (tertiary alicyclic amines) is 1. The third kappa shape index (κ3) is 3.73. The van der Waals surface area contributed by atoms with Crippen molar-refractivity contribution in [3.8, 4) is 0 Å². The molecule has 0 bridgehead atoms. The zero-order valence-corrected chi connectivity index (χ0v) is 14.6. The Morgan fingerprint density at radius 3 is 2.68 bits per heavy atom. The van der Waals surface area contributed by atoms with Crippen molar-refractivity contribution in [2.45, 2.75) is 45.7 Å². The van der Waals surface area contributed by atoms with Gasteiger partial charge in [-0.1, -0.05) is 35.5 Å². The first-order valence-corrected chi connectivity index (χ1v) is 8.62. The first-order valence-electron chi connectivity index (χ1n) is 8.62. The molecule has 1 aromatic carbocycles. The van der Waals surface area contributed by atoms with Gasteiger partial charge in [-0.2, -0.15) is 0 Å². The van der Waals surface area contributed by atoms with Crippen molar-refractivity contribution in [2.75, 3.05) is 6.54 Å². The molecule has 6 nitrogen and oxygen atoms in total. The van der Waals surface area contributed by atoms with E-state index in [1.165, 1.54) is 0 Å². The molecule has 2 aromatic rings. The summed E-state index contributed by atoms with van der Waals surface area (Å²) in [7, 11) is 0. The fourth-order valence-corrected chi connectivity index (χ4v) is 3.23. The summed E-state index contributed by atoms with van der Waals surface area (Å²) in [6.07, 6.45) is 2.31. The van der Waals surface area contributed by atoms with Crippen LogP contribution >= 0.6 is 0 Å². The van der Waals surface area contributed by atoms with Crippen LogP contribution in [-0.4, -0.2) is 28.4 Å². The number of hydrogen-bond acceptors (Lipinski definition) is 4. The Kier molecular flexibility index (Phi) is 5.16. The first-order chi connectivity index (χ1) is 12.1. The fourth-order valence-electron chi connectivity index (χ4n) is 3.23. The second-order valence-corrected chi connectivity index (χ2v) is 6.38. The molecule has 0 radical (unpaired) electrons. The van der Waals surface area contributed by atoms with Crippen LogP contribution in [0.2, 0.25) is 0 Å². The number of hydrogen-bond donors (Lipinski definition) is 1. The van der Waals surface area contributed by atoms with Crippen LogP contribution in [0.3, 0.4) is 0 Å². The van der Waals surface area contributed by atoms with Crippen LogP contribution in [0.15, 0.2) is 34.9 Å². The van der Waals surface area contributed by atoms with Crippen LogP contribution in [0.4, 0.5) is 0 Å². The molecule has 1 aliphatic heterocycles. The van der Waals surface area contributed by atoms with Gasteiger partial charge in [-0.25, -0.2) is 0 Å². The van der Waals surface area contributed by atoms with Gasteiger partial charge in [0.1, 0.15) is 11.8 Å². The van der Waals surface area contributed by atoms with Gasteiger partial charge >= 0.3 is 0 Å². The molecule has 0 saturated carbocycles. The zero-order chi connectivity index (χ0) is 17.8. The van der Waals surface area contributed by atoms with Gasteiger partial charge in [0, 0.05) is 25.1 Å². The number of aryl methyl sites for hydroxylation is 2. The highest BCUT2D eigenvalue weighted by atomic mass is 16.5. The van der Waals surface area contributed by atoms with E-state index in [1.807, 2.05) is 44.2 Å². The van der Waals surface area contributed by atoms with Gasteiger partial charge in [-0.3, -0.25) is 9.59 Å². The molecular formula is C19H23N3O3. The maximum absolute atomic E-state index is 13.0. The van der Waals surface area contributed by atoms with Gasteiger partial charge in [0.15, 0.2) is 0 Å². The molecule has 1 N–H and O–H groups in total. The van der Waals surface area contributed by atoms with Crippen LogP contribution in [0.5, 0.6) is 0 Å². The predicted molar refractivity (Wildman–Crippen MR) is 92.6 cm³/mol. The number of aromatic nitrogens is 1. The SMILES string of the molecule is Cc1noc(C)c1CNC(=O)[C@@H](c1ccccc1)N1CCCCC1=O. The predicted octanol–water partition coefficient (Wildman–Crippen LogP) is 2.66. The summed E-state index contributed by atoms with van der Waals surface area (Å²) in [5, 5.41) is 6.86. The summed E-state index contributed by atoms with van der Waals surface area (Å²) in [4.78, 5) is 27.0. The van der Waals surface area contributed by atoms with Gasteiger partial charge in [0.2, 0.25) is 11.8 Å². The molecule has 1 aliphatic rings. The summed E-state index contributed by atoms with van der Waals surface area (Å²) in [5.41, 5.74) is 2.47. The summed E-state index contributed by atoms with van der Waals surface area (Å²) in [5.74, 6) is 0.553. The minimum Gasteiger partial charge on any atom is -0.361 e. The minimum atomic E-state index is -0.602. The third-order valence-corrected chi connectivity index (χ3v) is 4.66. The molecular weight excluding hydrogens is 318 g/mol. The number of carbonyl (C=O) groups excluding carboxylic acids is 2. The van der Waals surface area contributed by atoms with E-state index in [4.69, 9.17) is 4.52 Å². The summed E-state index contributed by atoms with van der Waals surface area (Å²) >= 11 is 0. The molecule has 25 heavy (non-hydrogen) atoms. The van der Waals surface area contributed by atoms with Gasteiger partial charge in [0.25, 0.3) is 0 Å². The van der Waals surface area contributed by atoms with E-state index in [2.05, 4.69) is 10.5 Å². The number of carbonyl (C=O) groups is 2. The Morgan fingerprint density at radius 1 is 1.28 bits per heavy atom. The van der Waals surface area contributed by atoms with Gasteiger partial charge in [0.05, 0.1) is 5.69 Å². The number of piperidine rings is 1. The second-order valence-electron chi connectivity index (χ2n) is 6.38. The zero-order valence-electron chi connectivity index (χ0n) is 14.6. The van der Waals surface area contributed by atoms with E-state index in [0.29, 0.717) is 25.3 Å². The smallest absolute Gasteiger partial charge is 0.247 e. The number of nitrogens with zero attached hydrogens (tertiary/aromatic N) is 2. The van der Waals surface area contributed by atoms with Crippen molar-refractivity contribution in [1.82, 2.24) is 15.4 Å². The van der Waals surface area contributed by atoms with Gasteiger partial charge in [-0.15, -0.1) is 0 Å². The molecule has 3 rings (SSSR count). The normalized spacial score (nSPS) is 15.9. The molecule has 0 unspecified atom stereocenters. The van der Waals surface area contributed by atoms with Crippen LogP contribution in [0.1, 0.15) is 47.9 Å². The maximum Gasteiger partial charge on any atom is 0.247 e. The van der Waals surface area contributed by atoms with Crippen molar-refractivity contribution in [2.24, 2.45) is 0 Å².